The Hall–Kier alpha value is -1.04. The van der Waals surface area contributed by atoms with Gasteiger partial charge in [0.05, 0.1) is 5.69 Å². The molecule has 4 heteroatoms. The van der Waals surface area contributed by atoms with Gasteiger partial charge < -0.3 is 5.73 Å². The van der Waals surface area contributed by atoms with Crippen LogP contribution in [0.2, 0.25) is 0 Å². The number of halogens is 1. The normalized spacial score (nSPS) is 11.2. The van der Waals surface area contributed by atoms with E-state index in [1.807, 2.05) is 19.2 Å². The lowest BCUT2D eigenvalue weighted by atomic mass is 9.99. The second-order valence-electron chi connectivity index (χ2n) is 4.91. The second-order valence-corrected chi connectivity index (χ2v) is 6.08. The van der Waals surface area contributed by atoms with Crippen molar-refractivity contribution in [3.8, 4) is 11.3 Å². The van der Waals surface area contributed by atoms with E-state index >= 15 is 0 Å². The third kappa shape index (κ3) is 2.53. The Morgan fingerprint density at radius 2 is 2.00 bits per heavy atom. The maximum absolute atomic E-state index is 6.14. The average molecular weight is 355 g/mol. The SMILES string of the molecule is CC(C)Cc1c(-c2ccccc2I)nn(C)c1N. The molecule has 1 heterocycles. The smallest absolute Gasteiger partial charge is 0.125 e. The largest absolute Gasteiger partial charge is 0.384 e. The maximum atomic E-state index is 6.14. The van der Waals surface area contributed by atoms with Gasteiger partial charge in [0.25, 0.3) is 0 Å². The summed E-state index contributed by atoms with van der Waals surface area (Å²) in [6, 6.07) is 8.29. The molecule has 0 amide bonds. The molecule has 0 saturated carbocycles. The summed E-state index contributed by atoms with van der Waals surface area (Å²) < 4.78 is 2.98. The molecular weight excluding hydrogens is 337 g/mol. The Kier molecular flexibility index (Phi) is 3.94. The summed E-state index contributed by atoms with van der Waals surface area (Å²) >= 11 is 2.35. The Morgan fingerprint density at radius 1 is 1.33 bits per heavy atom. The average Bonchev–Trinajstić information content (AvgIpc) is 2.57. The van der Waals surface area contributed by atoms with Gasteiger partial charge in [-0.1, -0.05) is 32.0 Å². The lowest BCUT2D eigenvalue weighted by molar-refractivity contribution is 0.648. The second kappa shape index (κ2) is 5.30. The summed E-state index contributed by atoms with van der Waals surface area (Å²) in [5.41, 5.74) is 9.49. The van der Waals surface area contributed by atoms with E-state index in [9.17, 15) is 0 Å². The number of hydrogen-bond donors (Lipinski definition) is 1. The minimum Gasteiger partial charge on any atom is -0.384 e. The van der Waals surface area contributed by atoms with Crippen molar-refractivity contribution in [3.05, 3.63) is 33.4 Å². The zero-order valence-corrected chi connectivity index (χ0v) is 13.1. The topological polar surface area (TPSA) is 43.8 Å². The minimum absolute atomic E-state index is 0.566. The van der Waals surface area contributed by atoms with Crippen molar-refractivity contribution < 1.29 is 0 Å². The quantitative estimate of drug-likeness (QED) is 0.857. The van der Waals surface area contributed by atoms with Crippen LogP contribution < -0.4 is 5.73 Å². The van der Waals surface area contributed by atoms with Gasteiger partial charge in [-0.3, -0.25) is 4.68 Å². The molecule has 2 aromatic rings. The number of rotatable bonds is 3. The molecule has 0 spiro atoms. The zero-order valence-electron chi connectivity index (χ0n) is 10.9. The molecule has 1 aromatic carbocycles. The molecule has 18 heavy (non-hydrogen) atoms. The first kappa shape index (κ1) is 13.4. The van der Waals surface area contributed by atoms with E-state index in [0.29, 0.717) is 5.92 Å². The third-order valence-corrected chi connectivity index (χ3v) is 3.88. The highest BCUT2D eigenvalue weighted by Gasteiger charge is 2.17. The number of nitrogen functional groups attached to an aromatic ring is 1. The molecule has 0 saturated heterocycles. The van der Waals surface area contributed by atoms with Crippen molar-refractivity contribution in [2.45, 2.75) is 20.3 Å². The van der Waals surface area contributed by atoms with E-state index in [1.54, 1.807) is 4.68 Å². The zero-order chi connectivity index (χ0) is 13.3. The third-order valence-electron chi connectivity index (χ3n) is 2.94. The summed E-state index contributed by atoms with van der Waals surface area (Å²) in [5, 5.41) is 4.58. The Morgan fingerprint density at radius 3 is 2.61 bits per heavy atom. The number of anilines is 1. The van der Waals surface area contributed by atoms with Crippen molar-refractivity contribution in [2.24, 2.45) is 13.0 Å². The Balaban J connectivity index is 2.57. The van der Waals surface area contributed by atoms with Gasteiger partial charge in [0.1, 0.15) is 5.82 Å². The number of benzene rings is 1. The Labute approximate surface area is 122 Å². The van der Waals surface area contributed by atoms with Gasteiger partial charge in [-0.25, -0.2) is 0 Å². The van der Waals surface area contributed by atoms with E-state index < -0.39 is 0 Å². The number of aryl methyl sites for hydroxylation is 1. The van der Waals surface area contributed by atoms with Crippen molar-refractivity contribution in [1.82, 2.24) is 9.78 Å². The molecule has 0 unspecified atom stereocenters. The molecule has 2 rings (SSSR count). The van der Waals surface area contributed by atoms with Crippen LogP contribution in [0.3, 0.4) is 0 Å². The fourth-order valence-electron chi connectivity index (χ4n) is 2.06. The van der Waals surface area contributed by atoms with E-state index in [-0.39, 0.29) is 0 Å². The van der Waals surface area contributed by atoms with Gasteiger partial charge in [0.2, 0.25) is 0 Å². The lowest BCUT2D eigenvalue weighted by Gasteiger charge is -2.08. The molecule has 0 atom stereocenters. The van der Waals surface area contributed by atoms with E-state index in [1.165, 1.54) is 9.13 Å². The van der Waals surface area contributed by atoms with Gasteiger partial charge >= 0.3 is 0 Å². The van der Waals surface area contributed by atoms with Crippen molar-refractivity contribution in [3.63, 3.8) is 0 Å². The molecule has 0 radical (unpaired) electrons. The van der Waals surface area contributed by atoms with Crippen LogP contribution >= 0.6 is 22.6 Å². The summed E-state index contributed by atoms with van der Waals surface area (Å²) in [6.07, 6.45) is 0.958. The highest BCUT2D eigenvalue weighted by Crippen LogP contribution is 2.31. The molecule has 0 aliphatic heterocycles. The summed E-state index contributed by atoms with van der Waals surface area (Å²) in [4.78, 5) is 0. The molecule has 0 fully saturated rings. The molecule has 96 valence electrons. The molecule has 3 nitrogen and oxygen atoms in total. The maximum Gasteiger partial charge on any atom is 0.125 e. The highest BCUT2D eigenvalue weighted by atomic mass is 127. The number of aromatic nitrogens is 2. The summed E-state index contributed by atoms with van der Waals surface area (Å²) in [7, 11) is 1.90. The van der Waals surface area contributed by atoms with E-state index in [4.69, 9.17) is 5.73 Å². The van der Waals surface area contributed by atoms with Gasteiger partial charge in [-0.15, -0.1) is 0 Å². The van der Waals surface area contributed by atoms with Crippen LogP contribution in [0.25, 0.3) is 11.3 Å². The van der Waals surface area contributed by atoms with Crippen LogP contribution in [0, 0.1) is 9.49 Å². The van der Waals surface area contributed by atoms with Gasteiger partial charge in [0.15, 0.2) is 0 Å². The summed E-state index contributed by atoms with van der Waals surface area (Å²) in [6.45, 7) is 4.40. The molecule has 0 aliphatic carbocycles. The van der Waals surface area contributed by atoms with Crippen LogP contribution in [0.5, 0.6) is 0 Å². The molecular formula is C14H18IN3. The number of nitrogens with two attached hydrogens (primary N) is 1. The first-order valence-electron chi connectivity index (χ1n) is 6.07. The van der Waals surface area contributed by atoms with Crippen LogP contribution in [-0.4, -0.2) is 9.78 Å². The van der Waals surface area contributed by atoms with E-state index in [2.05, 4.69) is 53.7 Å². The van der Waals surface area contributed by atoms with Crippen molar-refractivity contribution >= 4 is 28.4 Å². The van der Waals surface area contributed by atoms with Crippen LogP contribution in [0.1, 0.15) is 19.4 Å². The van der Waals surface area contributed by atoms with Crippen LogP contribution in [-0.2, 0) is 13.5 Å². The van der Waals surface area contributed by atoms with Gasteiger partial charge in [-0.05, 0) is 41.0 Å². The summed E-state index contributed by atoms with van der Waals surface area (Å²) in [5.74, 6) is 1.34. The fourth-order valence-corrected chi connectivity index (χ4v) is 2.70. The predicted octanol–water partition coefficient (Wildman–Crippen LogP) is 3.47. The number of nitrogens with zero attached hydrogens (tertiary/aromatic N) is 2. The highest BCUT2D eigenvalue weighted by molar-refractivity contribution is 14.1. The molecule has 2 N–H and O–H groups in total. The Bertz CT molecular complexity index is 558. The van der Waals surface area contributed by atoms with Crippen LogP contribution in [0.4, 0.5) is 5.82 Å². The number of hydrogen-bond acceptors (Lipinski definition) is 2. The lowest BCUT2D eigenvalue weighted by Crippen LogP contribution is -2.02. The standard InChI is InChI=1S/C14H18IN3/c1-9(2)8-11-13(17-18(3)14(11)16)10-6-4-5-7-12(10)15/h4-7,9H,8,16H2,1-3H3. The monoisotopic (exact) mass is 355 g/mol. The van der Waals surface area contributed by atoms with Crippen molar-refractivity contribution in [2.75, 3.05) is 5.73 Å². The minimum atomic E-state index is 0.566. The van der Waals surface area contributed by atoms with Gasteiger partial charge in [-0.2, -0.15) is 5.10 Å². The first-order chi connectivity index (χ1) is 8.50. The first-order valence-corrected chi connectivity index (χ1v) is 7.14. The predicted molar refractivity (Wildman–Crippen MR) is 84.3 cm³/mol. The molecule has 0 aliphatic rings. The van der Waals surface area contributed by atoms with Crippen LogP contribution in [0.15, 0.2) is 24.3 Å². The van der Waals surface area contributed by atoms with Crippen molar-refractivity contribution in [1.29, 1.82) is 0 Å². The van der Waals surface area contributed by atoms with Gasteiger partial charge in [0, 0.05) is 21.7 Å². The molecule has 1 aromatic heterocycles. The fraction of sp³-hybridized carbons (Fsp3) is 0.357. The van der Waals surface area contributed by atoms with E-state index in [0.717, 1.165) is 23.5 Å². The molecule has 0 bridgehead atoms.